The maximum absolute atomic E-state index is 12.8. The molecule has 1 amide bonds. The van der Waals surface area contributed by atoms with Crippen LogP contribution in [0, 0.1) is 6.92 Å². The van der Waals surface area contributed by atoms with Crippen LogP contribution in [0.15, 0.2) is 23.2 Å². The average Bonchev–Trinajstić information content (AvgIpc) is 2.69. The molecule has 9 nitrogen and oxygen atoms in total. The maximum atomic E-state index is 12.8. The summed E-state index contributed by atoms with van der Waals surface area (Å²) in [7, 11) is 0. The highest BCUT2D eigenvalue weighted by Crippen LogP contribution is 2.28. The van der Waals surface area contributed by atoms with Gasteiger partial charge in [-0.25, -0.2) is 15.0 Å². The Bertz CT molecular complexity index is 965. The third-order valence-corrected chi connectivity index (χ3v) is 5.27. The molecule has 7 N–H and O–H groups in total. The first kappa shape index (κ1) is 27.7. The normalized spacial score (nSPS) is 18.1. The number of amides is 1. The van der Waals surface area contributed by atoms with E-state index in [9.17, 15) is 9.90 Å². The zero-order valence-electron chi connectivity index (χ0n) is 18.6. The molecule has 1 heterocycles. The summed E-state index contributed by atoms with van der Waals surface area (Å²) in [5.41, 5.74) is 12.2. The molecule has 2 atom stereocenters. The Morgan fingerprint density at radius 3 is 2.56 bits per heavy atom. The maximum Gasteiger partial charge on any atom is 0.289 e. The standard InChI is InChI=1S/C21H31N7O2.2ClH/c1-12-8-9-14-13(10-12)17(25-15-6-4-5-7-16(15)26-20(22)23)27-18(24-14)19(30)28-21(2,3)11-29;;/h8-10,15-16,29H,4-7,11H2,1-3H3,(H,28,30)(H4,22,23,26)(H,24,25,27);2*1H/t15-,16+;;/m0../s1. The van der Waals surface area contributed by atoms with Gasteiger partial charge < -0.3 is 27.2 Å². The van der Waals surface area contributed by atoms with Crippen LogP contribution in [0.2, 0.25) is 0 Å². The van der Waals surface area contributed by atoms with Crippen molar-refractivity contribution in [3.8, 4) is 0 Å². The molecule has 0 unspecified atom stereocenters. The molecular formula is C21H33Cl2N7O2. The summed E-state index contributed by atoms with van der Waals surface area (Å²) < 4.78 is 0. The summed E-state index contributed by atoms with van der Waals surface area (Å²) in [6, 6.07) is 5.77. The van der Waals surface area contributed by atoms with Gasteiger partial charge in [-0.15, -0.1) is 24.8 Å². The summed E-state index contributed by atoms with van der Waals surface area (Å²) in [5.74, 6) is 0.260. The summed E-state index contributed by atoms with van der Waals surface area (Å²) >= 11 is 0. The molecule has 0 spiro atoms. The smallest absolute Gasteiger partial charge is 0.289 e. The lowest BCUT2D eigenvalue weighted by Gasteiger charge is -2.30. The number of fused-ring (bicyclic) bond motifs is 1. The molecule has 1 aromatic carbocycles. The number of nitrogens with two attached hydrogens (primary N) is 2. The Morgan fingerprint density at radius 2 is 1.91 bits per heavy atom. The second kappa shape index (κ2) is 11.5. The van der Waals surface area contributed by atoms with Gasteiger partial charge in [0.15, 0.2) is 5.96 Å². The molecule has 1 aliphatic rings. The minimum Gasteiger partial charge on any atom is -0.394 e. The van der Waals surface area contributed by atoms with Gasteiger partial charge in [-0.1, -0.05) is 24.5 Å². The SMILES string of the molecule is Cc1ccc2nc(C(=O)NC(C)(C)CO)nc(N[C@H]3CCCC[C@H]3N=C(N)N)c2c1.Cl.Cl. The number of benzene rings is 1. The number of aliphatic hydroxyl groups is 1. The number of hydrogen-bond donors (Lipinski definition) is 5. The van der Waals surface area contributed by atoms with Crippen LogP contribution < -0.4 is 22.1 Å². The second-order valence-corrected chi connectivity index (χ2v) is 8.57. The van der Waals surface area contributed by atoms with Crippen LogP contribution in [-0.4, -0.2) is 51.2 Å². The van der Waals surface area contributed by atoms with Gasteiger partial charge in [-0.2, -0.15) is 0 Å². The van der Waals surface area contributed by atoms with Crippen molar-refractivity contribution < 1.29 is 9.90 Å². The third kappa shape index (κ3) is 6.82. The molecule has 1 aromatic heterocycles. The van der Waals surface area contributed by atoms with E-state index in [1.807, 2.05) is 25.1 Å². The number of carbonyl (C=O) groups excluding carboxylic acids is 1. The van der Waals surface area contributed by atoms with E-state index in [1.165, 1.54) is 0 Å². The molecule has 0 saturated heterocycles. The lowest BCUT2D eigenvalue weighted by atomic mass is 9.90. The van der Waals surface area contributed by atoms with Crippen molar-refractivity contribution in [2.75, 3.05) is 11.9 Å². The fraction of sp³-hybridized carbons (Fsp3) is 0.524. The monoisotopic (exact) mass is 485 g/mol. The van der Waals surface area contributed by atoms with Crippen LogP contribution in [-0.2, 0) is 0 Å². The van der Waals surface area contributed by atoms with Crippen LogP contribution in [0.5, 0.6) is 0 Å². The van der Waals surface area contributed by atoms with E-state index in [-0.39, 0.29) is 55.3 Å². The average molecular weight is 486 g/mol. The second-order valence-electron chi connectivity index (χ2n) is 8.57. The fourth-order valence-corrected chi connectivity index (χ4v) is 3.66. The number of aromatic nitrogens is 2. The lowest BCUT2D eigenvalue weighted by Crippen LogP contribution is -2.46. The van der Waals surface area contributed by atoms with E-state index < -0.39 is 11.4 Å². The van der Waals surface area contributed by atoms with Crippen LogP contribution in [0.1, 0.15) is 55.7 Å². The molecule has 1 aliphatic carbocycles. The van der Waals surface area contributed by atoms with E-state index in [0.29, 0.717) is 11.3 Å². The van der Waals surface area contributed by atoms with Crippen molar-refractivity contribution in [3.05, 3.63) is 29.6 Å². The van der Waals surface area contributed by atoms with Gasteiger partial charge in [-0.3, -0.25) is 4.79 Å². The van der Waals surface area contributed by atoms with Gasteiger partial charge in [0.1, 0.15) is 5.82 Å². The first-order valence-electron chi connectivity index (χ1n) is 10.3. The van der Waals surface area contributed by atoms with Gasteiger partial charge in [0.25, 0.3) is 5.91 Å². The fourth-order valence-electron chi connectivity index (χ4n) is 3.66. The number of guanidine groups is 1. The van der Waals surface area contributed by atoms with E-state index >= 15 is 0 Å². The van der Waals surface area contributed by atoms with E-state index in [0.717, 1.165) is 36.6 Å². The molecule has 32 heavy (non-hydrogen) atoms. The van der Waals surface area contributed by atoms with E-state index in [2.05, 4.69) is 25.6 Å². The molecule has 3 rings (SSSR count). The quantitative estimate of drug-likeness (QED) is 0.310. The van der Waals surface area contributed by atoms with Crippen molar-refractivity contribution in [3.63, 3.8) is 0 Å². The Morgan fingerprint density at radius 1 is 1.22 bits per heavy atom. The number of anilines is 1. The first-order chi connectivity index (χ1) is 14.2. The van der Waals surface area contributed by atoms with Crippen LogP contribution in [0.4, 0.5) is 5.82 Å². The number of carbonyl (C=O) groups is 1. The molecular weight excluding hydrogens is 453 g/mol. The van der Waals surface area contributed by atoms with Crippen LogP contribution in [0.3, 0.4) is 0 Å². The van der Waals surface area contributed by atoms with Crippen molar-refractivity contribution in [2.45, 2.75) is 64.1 Å². The topological polar surface area (TPSA) is 152 Å². The van der Waals surface area contributed by atoms with Gasteiger partial charge in [0, 0.05) is 5.39 Å². The van der Waals surface area contributed by atoms with E-state index in [4.69, 9.17) is 11.5 Å². The predicted octanol–water partition coefficient (Wildman–Crippen LogP) is 2.28. The zero-order valence-corrected chi connectivity index (χ0v) is 20.2. The zero-order chi connectivity index (χ0) is 21.9. The number of nitrogens with one attached hydrogen (secondary N) is 2. The highest BCUT2D eigenvalue weighted by atomic mass is 35.5. The third-order valence-electron chi connectivity index (χ3n) is 5.27. The molecule has 0 bridgehead atoms. The summed E-state index contributed by atoms with van der Waals surface area (Å²) in [6.45, 7) is 5.27. The largest absolute Gasteiger partial charge is 0.394 e. The Labute approximate surface area is 200 Å². The van der Waals surface area contributed by atoms with E-state index in [1.54, 1.807) is 13.8 Å². The van der Waals surface area contributed by atoms with Gasteiger partial charge in [0.05, 0.1) is 29.7 Å². The van der Waals surface area contributed by atoms with Gasteiger partial charge >= 0.3 is 0 Å². The number of hydrogen-bond acceptors (Lipinski definition) is 6. The lowest BCUT2D eigenvalue weighted by molar-refractivity contribution is 0.0859. The molecule has 178 valence electrons. The Kier molecular flexibility index (Phi) is 9.94. The van der Waals surface area contributed by atoms with Crippen molar-refractivity contribution in [1.29, 1.82) is 0 Å². The highest BCUT2D eigenvalue weighted by Gasteiger charge is 2.27. The molecule has 0 radical (unpaired) electrons. The Hall–Kier alpha value is -2.36. The van der Waals surface area contributed by atoms with Gasteiger partial charge in [-0.05, 0) is 45.7 Å². The van der Waals surface area contributed by atoms with Crippen molar-refractivity contribution >= 4 is 53.4 Å². The van der Waals surface area contributed by atoms with Crippen LogP contribution in [0.25, 0.3) is 10.9 Å². The number of rotatable bonds is 6. The first-order valence-corrected chi connectivity index (χ1v) is 10.3. The molecule has 11 heteroatoms. The molecule has 0 aliphatic heterocycles. The highest BCUT2D eigenvalue weighted by molar-refractivity contribution is 5.97. The predicted molar refractivity (Wildman–Crippen MR) is 133 cm³/mol. The van der Waals surface area contributed by atoms with Crippen molar-refractivity contribution in [2.24, 2.45) is 16.5 Å². The number of aliphatic imine (C=N–C) groups is 1. The summed E-state index contributed by atoms with van der Waals surface area (Å²) in [4.78, 5) is 26.1. The molecule has 1 saturated carbocycles. The number of aryl methyl sites for hydroxylation is 1. The molecule has 2 aromatic rings. The van der Waals surface area contributed by atoms with Gasteiger partial charge in [0.2, 0.25) is 5.82 Å². The summed E-state index contributed by atoms with van der Waals surface area (Å²) in [6.07, 6.45) is 3.91. The number of aliphatic hydroxyl groups excluding tert-OH is 1. The number of halogens is 2. The molecule has 1 fully saturated rings. The Balaban J connectivity index is 0.00000256. The summed E-state index contributed by atoms with van der Waals surface area (Å²) in [5, 5.41) is 16.5. The van der Waals surface area contributed by atoms with Crippen molar-refractivity contribution in [1.82, 2.24) is 15.3 Å². The van der Waals surface area contributed by atoms with Crippen LogP contribution >= 0.6 is 24.8 Å². The minimum atomic E-state index is -0.780. The minimum absolute atomic E-state index is 0. The number of nitrogens with zero attached hydrogens (tertiary/aromatic N) is 3.